The Kier molecular flexibility index (Phi) is 8.04. The number of amides is 2. The molecule has 30 heavy (non-hydrogen) atoms. The molecule has 0 spiro atoms. The zero-order valence-electron chi connectivity index (χ0n) is 16.4. The summed E-state index contributed by atoms with van der Waals surface area (Å²) in [5, 5.41) is 0. The molecule has 2 amide bonds. The molecule has 0 bridgehead atoms. The quantitative estimate of drug-likeness (QED) is 0.518. The fourth-order valence-corrected chi connectivity index (χ4v) is 3.68. The SMILES string of the molecule is O=C(CCN1CCN(c2ccccc2)CC1)NNC(=O)c1ccc(SC(F)F)cc1. The van der Waals surface area contributed by atoms with Crippen LogP contribution >= 0.6 is 11.8 Å². The van der Waals surface area contributed by atoms with Crippen molar-refractivity contribution in [1.82, 2.24) is 15.8 Å². The second-order valence-electron chi connectivity index (χ2n) is 6.82. The van der Waals surface area contributed by atoms with E-state index in [0.717, 1.165) is 26.2 Å². The number of nitrogens with one attached hydrogen (secondary N) is 2. The molecule has 3 rings (SSSR count). The lowest BCUT2D eigenvalue weighted by Gasteiger charge is -2.36. The molecular weight excluding hydrogens is 410 g/mol. The maximum absolute atomic E-state index is 12.3. The van der Waals surface area contributed by atoms with Gasteiger partial charge in [0.1, 0.15) is 0 Å². The lowest BCUT2D eigenvalue weighted by Crippen LogP contribution is -2.48. The number of carbonyl (C=O) groups is 2. The summed E-state index contributed by atoms with van der Waals surface area (Å²) in [5.41, 5.74) is 6.25. The maximum Gasteiger partial charge on any atom is 0.288 e. The number of hydrazine groups is 1. The Morgan fingerprint density at radius 2 is 1.60 bits per heavy atom. The molecule has 0 aromatic heterocycles. The van der Waals surface area contributed by atoms with Gasteiger partial charge in [-0.1, -0.05) is 30.0 Å². The highest BCUT2D eigenvalue weighted by Gasteiger charge is 2.18. The predicted octanol–water partition coefficient (Wildman–Crippen LogP) is 2.97. The Hall–Kier alpha value is -2.65. The van der Waals surface area contributed by atoms with Crippen LogP contribution < -0.4 is 15.8 Å². The summed E-state index contributed by atoms with van der Waals surface area (Å²) in [7, 11) is 0. The van der Waals surface area contributed by atoms with Gasteiger partial charge in [0, 0.05) is 55.3 Å². The van der Waals surface area contributed by atoms with Crippen molar-refractivity contribution in [3.05, 3.63) is 60.2 Å². The van der Waals surface area contributed by atoms with E-state index in [1.807, 2.05) is 18.2 Å². The number of rotatable bonds is 7. The van der Waals surface area contributed by atoms with Gasteiger partial charge in [-0.15, -0.1) is 0 Å². The van der Waals surface area contributed by atoms with Gasteiger partial charge in [0.25, 0.3) is 11.7 Å². The van der Waals surface area contributed by atoms with Gasteiger partial charge in [-0.05, 0) is 36.4 Å². The first-order valence-electron chi connectivity index (χ1n) is 9.67. The number of carbonyl (C=O) groups excluding carboxylic acids is 2. The first-order chi connectivity index (χ1) is 14.5. The molecule has 6 nitrogen and oxygen atoms in total. The topological polar surface area (TPSA) is 64.7 Å². The Balaban J connectivity index is 1.34. The van der Waals surface area contributed by atoms with Crippen molar-refractivity contribution in [2.24, 2.45) is 0 Å². The van der Waals surface area contributed by atoms with E-state index >= 15 is 0 Å². The first kappa shape index (κ1) is 22.0. The molecule has 2 aromatic carbocycles. The third-order valence-electron chi connectivity index (χ3n) is 4.81. The highest BCUT2D eigenvalue weighted by molar-refractivity contribution is 7.99. The van der Waals surface area contributed by atoms with Crippen molar-refractivity contribution in [1.29, 1.82) is 0 Å². The van der Waals surface area contributed by atoms with E-state index in [2.05, 4.69) is 32.8 Å². The number of anilines is 1. The van der Waals surface area contributed by atoms with Gasteiger partial charge in [0.15, 0.2) is 0 Å². The molecule has 1 heterocycles. The van der Waals surface area contributed by atoms with Gasteiger partial charge < -0.3 is 4.90 Å². The minimum absolute atomic E-state index is 0.273. The molecule has 0 saturated carbocycles. The number of alkyl halides is 2. The van der Waals surface area contributed by atoms with Crippen molar-refractivity contribution in [3.63, 3.8) is 0 Å². The average molecular weight is 435 g/mol. The van der Waals surface area contributed by atoms with Gasteiger partial charge in [0.05, 0.1) is 0 Å². The number of hydrogen-bond donors (Lipinski definition) is 2. The van der Waals surface area contributed by atoms with Crippen molar-refractivity contribution in [2.75, 3.05) is 37.6 Å². The molecule has 1 saturated heterocycles. The van der Waals surface area contributed by atoms with Crippen LogP contribution in [0, 0.1) is 0 Å². The van der Waals surface area contributed by atoms with E-state index in [-0.39, 0.29) is 17.9 Å². The summed E-state index contributed by atoms with van der Waals surface area (Å²) in [6, 6.07) is 16.0. The Morgan fingerprint density at radius 1 is 0.933 bits per heavy atom. The van der Waals surface area contributed by atoms with E-state index in [4.69, 9.17) is 0 Å². The summed E-state index contributed by atoms with van der Waals surface area (Å²) in [6.07, 6.45) is 0.273. The summed E-state index contributed by atoms with van der Waals surface area (Å²) in [5.74, 6) is -3.28. The van der Waals surface area contributed by atoms with E-state index in [1.54, 1.807) is 0 Å². The first-order valence-corrected chi connectivity index (χ1v) is 10.6. The fraction of sp³-hybridized carbons (Fsp3) is 0.333. The molecule has 1 fully saturated rings. The fourth-order valence-electron chi connectivity index (χ4n) is 3.18. The Morgan fingerprint density at radius 3 is 2.23 bits per heavy atom. The standard InChI is InChI=1S/C21H24F2N4O2S/c22-21(23)30-18-8-6-16(7-9-18)20(29)25-24-19(28)10-11-26-12-14-27(15-13-26)17-4-2-1-3-5-17/h1-9,21H,10-15H2,(H,24,28)(H,25,29). The molecule has 2 N–H and O–H groups in total. The van der Waals surface area contributed by atoms with Crippen LogP contribution in [0.25, 0.3) is 0 Å². The number of benzene rings is 2. The second-order valence-corrected chi connectivity index (χ2v) is 7.88. The monoisotopic (exact) mass is 434 g/mol. The summed E-state index contributed by atoms with van der Waals surface area (Å²) in [6.45, 7) is 4.17. The number of hydrogen-bond acceptors (Lipinski definition) is 5. The third kappa shape index (κ3) is 6.70. The maximum atomic E-state index is 12.3. The number of halogens is 2. The van der Waals surface area contributed by atoms with Crippen LogP contribution in [0.4, 0.5) is 14.5 Å². The van der Waals surface area contributed by atoms with Crippen LogP contribution in [0.15, 0.2) is 59.5 Å². The smallest absolute Gasteiger partial charge is 0.288 e. The summed E-state index contributed by atoms with van der Waals surface area (Å²) >= 11 is 0.414. The molecule has 0 unspecified atom stereocenters. The van der Waals surface area contributed by atoms with Gasteiger partial charge in [-0.2, -0.15) is 8.78 Å². The van der Waals surface area contributed by atoms with Crippen molar-refractivity contribution in [3.8, 4) is 0 Å². The molecule has 1 aliphatic heterocycles. The largest absolute Gasteiger partial charge is 0.369 e. The number of para-hydroxylation sites is 1. The van der Waals surface area contributed by atoms with Gasteiger partial charge in [-0.3, -0.25) is 25.3 Å². The van der Waals surface area contributed by atoms with E-state index in [0.29, 0.717) is 23.2 Å². The number of thioether (sulfide) groups is 1. The normalized spacial score (nSPS) is 14.6. The molecular formula is C21H24F2N4O2S. The van der Waals surface area contributed by atoms with Gasteiger partial charge >= 0.3 is 0 Å². The van der Waals surface area contributed by atoms with E-state index < -0.39 is 11.7 Å². The van der Waals surface area contributed by atoms with E-state index in [1.165, 1.54) is 30.0 Å². The zero-order valence-corrected chi connectivity index (χ0v) is 17.2. The predicted molar refractivity (Wildman–Crippen MR) is 114 cm³/mol. The van der Waals surface area contributed by atoms with Crippen LogP contribution in [0.3, 0.4) is 0 Å². The van der Waals surface area contributed by atoms with Gasteiger partial charge in [0.2, 0.25) is 5.91 Å². The van der Waals surface area contributed by atoms with Crippen LogP contribution in [0.1, 0.15) is 16.8 Å². The lowest BCUT2D eigenvalue weighted by molar-refractivity contribution is -0.122. The molecule has 9 heteroatoms. The van der Waals surface area contributed by atoms with Crippen molar-refractivity contribution in [2.45, 2.75) is 17.1 Å². The Labute approximate surface area is 178 Å². The molecule has 0 aliphatic carbocycles. The highest BCUT2D eigenvalue weighted by Crippen LogP contribution is 2.25. The molecule has 2 aromatic rings. The van der Waals surface area contributed by atoms with Crippen molar-refractivity contribution >= 4 is 29.3 Å². The minimum atomic E-state index is -2.51. The molecule has 0 atom stereocenters. The zero-order chi connectivity index (χ0) is 21.3. The van der Waals surface area contributed by atoms with Gasteiger partial charge in [-0.25, -0.2) is 0 Å². The highest BCUT2D eigenvalue weighted by atomic mass is 32.2. The van der Waals surface area contributed by atoms with Crippen molar-refractivity contribution < 1.29 is 18.4 Å². The van der Waals surface area contributed by atoms with Crippen LogP contribution in [0.5, 0.6) is 0 Å². The summed E-state index contributed by atoms with van der Waals surface area (Å²) in [4.78, 5) is 29.0. The third-order valence-corrected chi connectivity index (χ3v) is 5.53. The Bertz CT molecular complexity index is 829. The molecule has 1 aliphatic rings. The van der Waals surface area contributed by atoms with Crippen LogP contribution in [-0.4, -0.2) is 55.2 Å². The summed E-state index contributed by atoms with van der Waals surface area (Å²) < 4.78 is 24.6. The number of piperazine rings is 1. The average Bonchev–Trinajstić information content (AvgIpc) is 2.77. The second kappa shape index (κ2) is 10.9. The molecule has 160 valence electrons. The molecule has 0 radical (unpaired) electrons. The van der Waals surface area contributed by atoms with E-state index in [9.17, 15) is 18.4 Å². The number of nitrogens with zero attached hydrogens (tertiary/aromatic N) is 2. The lowest BCUT2D eigenvalue weighted by atomic mass is 10.2. The van der Waals surface area contributed by atoms with Crippen LogP contribution in [-0.2, 0) is 4.79 Å². The van der Waals surface area contributed by atoms with Crippen LogP contribution in [0.2, 0.25) is 0 Å². The minimum Gasteiger partial charge on any atom is -0.369 e.